The fourth-order valence-electron chi connectivity index (χ4n) is 1.78. The van der Waals surface area contributed by atoms with E-state index in [1.807, 2.05) is 17.7 Å². The monoisotopic (exact) mass is 363 g/mol. The summed E-state index contributed by atoms with van der Waals surface area (Å²) in [5.74, 6) is 0.644. The fraction of sp³-hybridized carbons (Fsp3) is 0.308. The molecule has 4 nitrogen and oxygen atoms in total. The standard InChI is InChI=1S/C13H13BrF3N3O/c1-9-18-4-6-20(9)7-5-19-10-2-3-12(11(14)8-10)21-13(15,16)17/h2-4,6,8,19H,5,7H2,1H3. The van der Waals surface area contributed by atoms with Crippen LogP contribution in [0.5, 0.6) is 5.75 Å². The number of imidazole rings is 1. The number of anilines is 1. The van der Waals surface area contributed by atoms with Crippen molar-refractivity contribution in [1.82, 2.24) is 9.55 Å². The van der Waals surface area contributed by atoms with Crippen LogP contribution in [0.1, 0.15) is 5.82 Å². The zero-order valence-corrected chi connectivity index (χ0v) is 12.7. The van der Waals surface area contributed by atoms with Gasteiger partial charge in [-0.3, -0.25) is 0 Å². The van der Waals surface area contributed by atoms with Gasteiger partial charge in [-0.05, 0) is 41.1 Å². The molecule has 8 heteroatoms. The molecule has 1 heterocycles. The highest BCUT2D eigenvalue weighted by molar-refractivity contribution is 9.10. The van der Waals surface area contributed by atoms with Crippen LogP contribution in [-0.4, -0.2) is 22.5 Å². The molecule has 0 spiro atoms. The molecule has 0 aliphatic heterocycles. The first-order chi connectivity index (χ1) is 9.85. The lowest BCUT2D eigenvalue weighted by Crippen LogP contribution is -2.17. The van der Waals surface area contributed by atoms with E-state index >= 15 is 0 Å². The molecule has 2 rings (SSSR count). The van der Waals surface area contributed by atoms with Crippen LogP contribution in [0.2, 0.25) is 0 Å². The third-order valence-corrected chi connectivity index (χ3v) is 3.38. The van der Waals surface area contributed by atoms with Crippen molar-refractivity contribution in [3.8, 4) is 5.75 Å². The third kappa shape index (κ3) is 4.66. The number of nitrogens with one attached hydrogen (secondary N) is 1. The Balaban J connectivity index is 1.93. The zero-order valence-electron chi connectivity index (χ0n) is 11.1. The second kappa shape index (κ2) is 6.38. The third-order valence-electron chi connectivity index (χ3n) is 2.76. The molecule has 0 aliphatic rings. The molecule has 0 unspecified atom stereocenters. The average molecular weight is 364 g/mol. The molecule has 0 aliphatic carbocycles. The number of aromatic nitrogens is 2. The summed E-state index contributed by atoms with van der Waals surface area (Å²) in [7, 11) is 0. The molecule has 0 amide bonds. The van der Waals surface area contributed by atoms with Crippen LogP contribution in [-0.2, 0) is 6.54 Å². The van der Waals surface area contributed by atoms with E-state index in [1.165, 1.54) is 12.1 Å². The molecule has 2 aromatic rings. The summed E-state index contributed by atoms with van der Waals surface area (Å²) >= 11 is 3.06. The van der Waals surface area contributed by atoms with Crippen molar-refractivity contribution >= 4 is 21.6 Å². The van der Waals surface area contributed by atoms with Crippen molar-refractivity contribution in [2.75, 3.05) is 11.9 Å². The Hall–Kier alpha value is -1.70. The Morgan fingerprint density at radius 1 is 1.38 bits per heavy atom. The highest BCUT2D eigenvalue weighted by Gasteiger charge is 2.31. The van der Waals surface area contributed by atoms with Crippen molar-refractivity contribution in [1.29, 1.82) is 0 Å². The van der Waals surface area contributed by atoms with Crippen molar-refractivity contribution in [3.63, 3.8) is 0 Å². The van der Waals surface area contributed by atoms with Crippen LogP contribution in [0, 0.1) is 6.92 Å². The van der Waals surface area contributed by atoms with E-state index in [0.29, 0.717) is 18.8 Å². The largest absolute Gasteiger partial charge is 0.573 e. The molecule has 0 saturated carbocycles. The van der Waals surface area contributed by atoms with Gasteiger partial charge in [-0.2, -0.15) is 0 Å². The van der Waals surface area contributed by atoms with E-state index < -0.39 is 6.36 Å². The van der Waals surface area contributed by atoms with Gasteiger partial charge in [0.1, 0.15) is 11.6 Å². The Morgan fingerprint density at radius 2 is 2.14 bits per heavy atom. The molecule has 0 atom stereocenters. The maximum absolute atomic E-state index is 12.2. The number of alkyl halides is 3. The second-order valence-corrected chi connectivity index (χ2v) is 5.14. The van der Waals surface area contributed by atoms with E-state index in [4.69, 9.17) is 0 Å². The number of aryl methyl sites for hydroxylation is 1. The van der Waals surface area contributed by atoms with E-state index in [-0.39, 0.29) is 10.2 Å². The Bertz CT molecular complexity index is 613. The van der Waals surface area contributed by atoms with Gasteiger partial charge in [0, 0.05) is 31.2 Å². The minimum atomic E-state index is -4.70. The highest BCUT2D eigenvalue weighted by atomic mass is 79.9. The minimum Gasteiger partial charge on any atom is -0.405 e. The van der Waals surface area contributed by atoms with Gasteiger partial charge in [-0.25, -0.2) is 4.98 Å². The van der Waals surface area contributed by atoms with Crippen LogP contribution < -0.4 is 10.1 Å². The van der Waals surface area contributed by atoms with Crippen LogP contribution in [0.3, 0.4) is 0 Å². The predicted molar refractivity (Wildman–Crippen MR) is 76.3 cm³/mol. The molecule has 1 aromatic heterocycles. The molecule has 0 radical (unpaired) electrons. The minimum absolute atomic E-state index is 0.239. The van der Waals surface area contributed by atoms with Crippen molar-refractivity contribution < 1.29 is 17.9 Å². The number of ether oxygens (including phenoxy) is 1. The molecule has 0 bridgehead atoms. The molecular formula is C13H13BrF3N3O. The van der Waals surface area contributed by atoms with E-state index in [0.717, 1.165) is 5.82 Å². The second-order valence-electron chi connectivity index (χ2n) is 4.29. The SMILES string of the molecule is Cc1nccn1CCNc1ccc(OC(F)(F)F)c(Br)c1. The molecule has 1 aromatic carbocycles. The molecule has 21 heavy (non-hydrogen) atoms. The first kappa shape index (κ1) is 15.7. The summed E-state index contributed by atoms with van der Waals surface area (Å²) < 4.78 is 42.6. The summed E-state index contributed by atoms with van der Waals surface area (Å²) in [4.78, 5) is 4.11. The topological polar surface area (TPSA) is 39.1 Å². The van der Waals surface area contributed by atoms with Crippen molar-refractivity contribution in [3.05, 3.63) is 40.9 Å². The molecule has 1 N–H and O–H groups in total. The first-order valence-electron chi connectivity index (χ1n) is 6.12. The van der Waals surface area contributed by atoms with Crippen LogP contribution in [0.4, 0.5) is 18.9 Å². The molecular weight excluding hydrogens is 351 g/mol. The molecule has 114 valence electrons. The Morgan fingerprint density at radius 3 is 2.71 bits per heavy atom. The lowest BCUT2D eigenvalue weighted by molar-refractivity contribution is -0.274. The number of nitrogens with zero attached hydrogens (tertiary/aromatic N) is 2. The number of rotatable bonds is 5. The zero-order chi connectivity index (χ0) is 15.5. The van der Waals surface area contributed by atoms with Gasteiger partial charge in [0.25, 0.3) is 0 Å². The lowest BCUT2D eigenvalue weighted by atomic mass is 10.3. The van der Waals surface area contributed by atoms with Crippen molar-refractivity contribution in [2.45, 2.75) is 19.8 Å². The summed E-state index contributed by atoms with van der Waals surface area (Å²) in [6, 6.07) is 4.34. The maximum Gasteiger partial charge on any atom is 0.573 e. The van der Waals surface area contributed by atoms with Crippen LogP contribution in [0.15, 0.2) is 35.1 Å². The Labute approximate surface area is 128 Å². The van der Waals surface area contributed by atoms with Gasteiger partial charge >= 0.3 is 6.36 Å². The molecule has 0 saturated heterocycles. The summed E-state index contributed by atoms with van der Waals surface area (Å²) in [5, 5.41) is 3.13. The number of hydrogen-bond donors (Lipinski definition) is 1. The van der Waals surface area contributed by atoms with E-state index in [9.17, 15) is 13.2 Å². The Kier molecular flexibility index (Phi) is 4.76. The fourth-order valence-corrected chi connectivity index (χ4v) is 2.24. The normalized spacial score (nSPS) is 11.5. The van der Waals surface area contributed by atoms with Gasteiger partial charge in [-0.1, -0.05) is 0 Å². The van der Waals surface area contributed by atoms with Gasteiger partial charge in [0.2, 0.25) is 0 Å². The van der Waals surface area contributed by atoms with Gasteiger partial charge in [0.05, 0.1) is 4.47 Å². The summed E-state index contributed by atoms with van der Waals surface area (Å²) in [6.45, 7) is 3.24. The lowest BCUT2D eigenvalue weighted by Gasteiger charge is -2.13. The number of benzene rings is 1. The van der Waals surface area contributed by atoms with Gasteiger partial charge in [0.15, 0.2) is 0 Å². The highest BCUT2D eigenvalue weighted by Crippen LogP contribution is 2.32. The number of hydrogen-bond acceptors (Lipinski definition) is 3. The number of halogens is 4. The maximum atomic E-state index is 12.2. The van der Waals surface area contributed by atoms with Gasteiger partial charge < -0.3 is 14.6 Å². The van der Waals surface area contributed by atoms with E-state index in [1.54, 1.807) is 12.3 Å². The first-order valence-corrected chi connectivity index (χ1v) is 6.91. The average Bonchev–Trinajstić information content (AvgIpc) is 2.77. The van der Waals surface area contributed by atoms with Crippen LogP contribution in [0.25, 0.3) is 0 Å². The summed E-state index contributed by atoms with van der Waals surface area (Å²) in [6.07, 6.45) is -1.11. The van der Waals surface area contributed by atoms with Crippen molar-refractivity contribution in [2.24, 2.45) is 0 Å². The van der Waals surface area contributed by atoms with Crippen LogP contribution >= 0.6 is 15.9 Å². The molecule has 0 fully saturated rings. The smallest absolute Gasteiger partial charge is 0.405 e. The quantitative estimate of drug-likeness (QED) is 0.873. The predicted octanol–water partition coefficient (Wildman–Crippen LogP) is 3.96. The van der Waals surface area contributed by atoms with Gasteiger partial charge in [-0.15, -0.1) is 13.2 Å². The summed E-state index contributed by atoms with van der Waals surface area (Å²) in [5.41, 5.74) is 0.703. The van der Waals surface area contributed by atoms with E-state index in [2.05, 4.69) is 31.0 Å².